The third kappa shape index (κ3) is 5.15. The zero-order chi connectivity index (χ0) is 24.1. The SMILES string of the molecule is O=C(O)c1cccc(Cl)c1OCC(=O)N(CCc1c[nH]c2ccccc12)Cc1ccccc1O. The van der Waals surface area contributed by atoms with E-state index >= 15 is 0 Å². The number of aromatic amines is 1. The molecule has 1 amide bonds. The Kier molecular flexibility index (Phi) is 7.04. The Bertz CT molecular complexity index is 1330. The largest absolute Gasteiger partial charge is 0.508 e. The zero-order valence-electron chi connectivity index (χ0n) is 18.2. The molecule has 0 bridgehead atoms. The molecule has 34 heavy (non-hydrogen) atoms. The normalized spacial score (nSPS) is 10.9. The number of nitrogens with zero attached hydrogens (tertiary/aromatic N) is 1. The molecule has 0 aliphatic rings. The van der Waals surface area contributed by atoms with Crippen LogP contribution in [-0.2, 0) is 17.8 Å². The molecule has 1 aromatic heterocycles. The summed E-state index contributed by atoms with van der Waals surface area (Å²) in [6, 6.07) is 19.1. The van der Waals surface area contributed by atoms with E-state index in [2.05, 4.69) is 4.98 Å². The molecule has 0 radical (unpaired) electrons. The fraction of sp³-hybridized carbons (Fsp3) is 0.154. The summed E-state index contributed by atoms with van der Waals surface area (Å²) in [5.74, 6) is -1.52. The first kappa shape index (κ1) is 23.2. The van der Waals surface area contributed by atoms with Crippen LogP contribution >= 0.6 is 11.6 Å². The van der Waals surface area contributed by atoms with Crippen LogP contribution < -0.4 is 4.74 Å². The van der Waals surface area contributed by atoms with Crippen molar-refractivity contribution in [2.75, 3.05) is 13.2 Å². The van der Waals surface area contributed by atoms with Gasteiger partial charge in [-0.2, -0.15) is 0 Å². The molecular formula is C26H23ClN2O5. The van der Waals surface area contributed by atoms with Crippen LogP contribution in [0.2, 0.25) is 5.02 Å². The summed E-state index contributed by atoms with van der Waals surface area (Å²) in [5, 5.41) is 20.8. The van der Waals surface area contributed by atoms with Crippen LogP contribution in [0, 0.1) is 0 Å². The smallest absolute Gasteiger partial charge is 0.339 e. The van der Waals surface area contributed by atoms with Gasteiger partial charge in [0.15, 0.2) is 12.4 Å². The minimum absolute atomic E-state index is 0.0517. The summed E-state index contributed by atoms with van der Waals surface area (Å²) in [5.41, 5.74) is 2.55. The Labute approximate surface area is 201 Å². The Hall–Kier alpha value is -3.97. The van der Waals surface area contributed by atoms with Gasteiger partial charge in [-0.25, -0.2) is 4.79 Å². The number of hydrogen-bond acceptors (Lipinski definition) is 4. The molecule has 0 aliphatic carbocycles. The number of rotatable bonds is 9. The second kappa shape index (κ2) is 10.3. The van der Waals surface area contributed by atoms with Crippen molar-refractivity contribution in [1.82, 2.24) is 9.88 Å². The number of hydrogen-bond donors (Lipinski definition) is 3. The van der Waals surface area contributed by atoms with Crippen LogP contribution in [0.15, 0.2) is 72.9 Å². The quantitative estimate of drug-likeness (QED) is 0.318. The van der Waals surface area contributed by atoms with Crippen LogP contribution in [0.3, 0.4) is 0 Å². The summed E-state index contributed by atoms with van der Waals surface area (Å²) < 4.78 is 5.57. The molecule has 7 nitrogen and oxygen atoms in total. The lowest BCUT2D eigenvalue weighted by Crippen LogP contribution is -2.36. The summed E-state index contributed by atoms with van der Waals surface area (Å²) >= 11 is 6.12. The van der Waals surface area contributed by atoms with Crippen molar-refractivity contribution in [2.24, 2.45) is 0 Å². The Morgan fingerprint density at radius 3 is 2.53 bits per heavy atom. The number of nitrogens with one attached hydrogen (secondary N) is 1. The topological polar surface area (TPSA) is 103 Å². The van der Waals surface area contributed by atoms with Gasteiger partial charge < -0.3 is 24.8 Å². The highest BCUT2D eigenvalue weighted by atomic mass is 35.5. The maximum atomic E-state index is 13.2. The number of carbonyl (C=O) groups excluding carboxylic acids is 1. The molecule has 0 unspecified atom stereocenters. The number of aromatic carboxylic acids is 1. The monoisotopic (exact) mass is 478 g/mol. The lowest BCUT2D eigenvalue weighted by Gasteiger charge is -2.24. The molecule has 0 fully saturated rings. The van der Waals surface area contributed by atoms with E-state index in [4.69, 9.17) is 16.3 Å². The van der Waals surface area contributed by atoms with Gasteiger partial charge in [0.05, 0.1) is 5.02 Å². The van der Waals surface area contributed by atoms with Gasteiger partial charge in [-0.1, -0.05) is 54.1 Å². The first-order chi connectivity index (χ1) is 16.4. The maximum Gasteiger partial charge on any atom is 0.339 e. The van der Waals surface area contributed by atoms with Crippen molar-refractivity contribution in [1.29, 1.82) is 0 Å². The Morgan fingerprint density at radius 2 is 1.74 bits per heavy atom. The maximum absolute atomic E-state index is 13.2. The van der Waals surface area contributed by atoms with Crippen LogP contribution in [0.5, 0.6) is 11.5 Å². The number of phenols is 1. The number of carboxylic acids is 1. The van der Waals surface area contributed by atoms with E-state index in [1.807, 2.05) is 30.5 Å². The Morgan fingerprint density at radius 1 is 0.971 bits per heavy atom. The van der Waals surface area contributed by atoms with E-state index < -0.39 is 12.6 Å². The van der Waals surface area contributed by atoms with Crippen molar-refractivity contribution in [2.45, 2.75) is 13.0 Å². The predicted octanol–water partition coefficient (Wildman–Crippen LogP) is 4.88. The molecule has 0 saturated heterocycles. The third-order valence-electron chi connectivity index (χ3n) is 5.57. The van der Waals surface area contributed by atoms with Crippen molar-refractivity contribution in [3.05, 3.63) is 94.6 Å². The van der Waals surface area contributed by atoms with Crippen LogP contribution in [0.1, 0.15) is 21.5 Å². The number of phenolic OH excluding ortho intramolecular Hbond substituents is 1. The van der Waals surface area contributed by atoms with Gasteiger partial charge in [-0.15, -0.1) is 0 Å². The number of benzene rings is 3. The number of para-hydroxylation sites is 3. The standard InChI is InChI=1S/C26H23ClN2O5/c27-21-9-5-8-20(26(32)33)25(21)34-16-24(31)29(15-18-6-1-4-11-23(18)30)13-12-17-14-28-22-10-3-2-7-19(17)22/h1-11,14,28,30H,12-13,15-16H2,(H,32,33). The van der Waals surface area contributed by atoms with Gasteiger partial charge in [-0.3, -0.25) is 4.79 Å². The lowest BCUT2D eigenvalue weighted by molar-refractivity contribution is -0.134. The van der Waals surface area contributed by atoms with Crippen molar-refractivity contribution >= 4 is 34.4 Å². The van der Waals surface area contributed by atoms with E-state index in [0.29, 0.717) is 18.5 Å². The number of fused-ring (bicyclic) bond motifs is 1. The number of carbonyl (C=O) groups is 2. The van der Waals surface area contributed by atoms with Gasteiger partial charge in [-0.05, 0) is 36.2 Å². The zero-order valence-corrected chi connectivity index (χ0v) is 19.0. The van der Waals surface area contributed by atoms with Crippen molar-refractivity contribution < 1.29 is 24.5 Å². The molecule has 8 heteroatoms. The first-order valence-electron chi connectivity index (χ1n) is 10.7. The molecule has 0 saturated carbocycles. The van der Waals surface area contributed by atoms with Gasteiger partial charge >= 0.3 is 5.97 Å². The molecular weight excluding hydrogens is 456 g/mol. The molecule has 4 aromatic rings. The first-order valence-corrected chi connectivity index (χ1v) is 11.1. The molecule has 3 aromatic carbocycles. The summed E-state index contributed by atoms with van der Waals surface area (Å²) in [4.78, 5) is 29.5. The number of amides is 1. The van der Waals surface area contributed by atoms with Crippen molar-refractivity contribution in [3.63, 3.8) is 0 Å². The summed E-state index contributed by atoms with van der Waals surface area (Å²) in [7, 11) is 0. The van der Waals surface area contributed by atoms with Gasteiger partial charge in [0, 0.05) is 35.8 Å². The lowest BCUT2D eigenvalue weighted by atomic mass is 10.1. The molecule has 0 atom stereocenters. The molecule has 3 N–H and O–H groups in total. The number of halogens is 1. The second-order valence-corrected chi connectivity index (χ2v) is 8.17. The van der Waals surface area contributed by atoms with Gasteiger partial charge in [0.2, 0.25) is 0 Å². The highest BCUT2D eigenvalue weighted by molar-refractivity contribution is 6.32. The van der Waals surface area contributed by atoms with Crippen LogP contribution in [0.25, 0.3) is 10.9 Å². The summed E-state index contributed by atoms with van der Waals surface area (Å²) in [6.07, 6.45) is 2.50. The molecule has 174 valence electrons. The minimum Gasteiger partial charge on any atom is -0.508 e. The predicted molar refractivity (Wildman–Crippen MR) is 129 cm³/mol. The average molecular weight is 479 g/mol. The van der Waals surface area contributed by atoms with E-state index in [-0.39, 0.29) is 34.5 Å². The Balaban J connectivity index is 1.53. The highest BCUT2D eigenvalue weighted by Gasteiger charge is 2.20. The third-order valence-corrected chi connectivity index (χ3v) is 5.87. The van der Waals surface area contributed by atoms with E-state index in [9.17, 15) is 19.8 Å². The fourth-order valence-corrected chi connectivity index (χ4v) is 4.01. The molecule has 0 spiro atoms. The molecule has 4 rings (SSSR count). The average Bonchev–Trinajstić information content (AvgIpc) is 3.24. The number of H-pyrrole nitrogens is 1. The van der Waals surface area contributed by atoms with E-state index in [0.717, 1.165) is 16.5 Å². The molecule has 1 heterocycles. The number of aromatic nitrogens is 1. The number of ether oxygens (including phenoxy) is 1. The van der Waals surface area contributed by atoms with Crippen LogP contribution in [0.4, 0.5) is 0 Å². The number of aromatic hydroxyl groups is 1. The number of carboxylic acid groups (broad SMARTS) is 1. The summed E-state index contributed by atoms with van der Waals surface area (Å²) in [6.45, 7) is 0.143. The minimum atomic E-state index is -1.20. The van der Waals surface area contributed by atoms with Crippen molar-refractivity contribution in [3.8, 4) is 11.5 Å². The molecule has 0 aliphatic heterocycles. The van der Waals surface area contributed by atoms with E-state index in [1.54, 1.807) is 29.2 Å². The second-order valence-electron chi connectivity index (χ2n) is 7.76. The van der Waals surface area contributed by atoms with Crippen LogP contribution in [-0.4, -0.2) is 45.1 Å². The van der Waals surface area contributed by atoms with E-state index in [1.165, 1.54) is 18.2 Å². The highest BCUT2D eigenvalue weighted by Crippen LogP contribution is 2.29. The van der Waals surface area contributed by atoms with Gasteiger partial charge in [0.25, 0.3) is 5.91 Å². The fourth-order valence-electron chi connectivity index (χ4n) is 3.79. The van der Waals surface area contributed by atoms with Gasteiger partial charge in [0.1, 0.15) is 11.3 Å².